The number of hydrogen-bond donors (Lipinski definition) is 2. The van der Waals surface area contributed by atoms with E-state index in [0.717, 1.165) is 25.5 Å². The fourth-order valence-corrected chi connectivity index (χ4v) is 1.63. The van der Waals surface area contributed by atoms with Crippen LogP contribution in [0.2, 0.25) is 0 Å². The maximum absolute atomic E-state index is 4.22. The summed E-state index contributed by atoms with van der Waals surface area (Å²) in [6.07, 6.45) is 1.16. The zero-order valence-electron chi connectivity index (χ0n) is 6.72. The van der Waals surface area contributed by atoms with Crippen LogP contribution in [-0.4, -0.2) is 29.5 Å². The largest absolute Gasteiger partial charge is 0.291 e. The standard InChI is InChI=1S/C7H16N2S/c1-7(2,3-4-10)9-5-8-6-9/h8,10H,3-6H2,1-2H3. The molecule has 0 unspecified atom stereocenters. The van der Waals surface area contributed by atoms with Gasteiger partial charge in [0.1, 0.15) is 0 Å². The van der Waals surface area contributed by atoms with Crippen LogP contribution in [0.4, 0.5) is 0 Å². The second-order valence-electron chi connectivity index (χ2n) is 3.39. The van der Waals surface area contributed by atoms with Crippen molar-refractivity contribution in [1.82, 2.24) is 10.2 Å². The van der Waals surface area contributed by atoms with E-state index in [1.807, 2.05) is 0 Å². The third-order valence-corrected chi connectivity index (χ3v) is 2.41. The Kier molecular flexibility index (Phi) is 2.61. The van der Waals surface area contributed by atoms with Gasteiger partial charge in [-0.3, -0.25) is 10.2 Å². The van der Waals surface area contributed by atoms with Gasteiger partial charge in [-0.25, -0.2) is 0 Å². The quantitative estimate of drug-likeness (QED) is 0.597. The molecule has 1 rings (SSSR count). The number of hydrogen-bond acceptors (Lipinski definition) is 3. The Bertz CT molecular complexity index is 110. The first-order chi connectivity index (χ1) is 4.67. The van der Waals surface area contributed by atoms with Gasteiger partial charge in [-0.05, 0) is 26.0 Å². The predicted molar refractivity (Wildman–Crippen MR) is 47.3 cm³/mol. The van der Waals surface area contributed by atoms with E-state index in [1.165, 1.54) is 0 Å². The van der Waals surface area contributed by atoms with Crippen LogP contribution >= 0.6 is 12.6 Å². The molecule has 1 N–H and O–H groups in total. The highest BCUT2D eigenvalue weighted by Gasteiger charge is 2.29. The van der Waals surface area contributed by atoms with Gasteiger partial charge in [0, 0.05) is 5.54 Å². The summed E-state index contributed by atoms with van der Waals surface area (Å²) in [5, 5.41) is 3.23. The molecule has 3 heteroatoms. The van der Waals surface area contributed by atoms with Crippen LogP contribution < -0.4 is 5.32 Å². The van der Waals surface area contributed by atoms with Crippen LogP contribution in [0.1, 0.15) is 20.3 Å². The van der Waals surface area contributed by atoms with Crippen LogP contribution in [0.3, 0.4) is 0 Å². The molecule has 0 aliphatic carbocycles. The number of nitrogens with zero attached hydrogens (tertiary/aromatic N) is 1. The Morgan fingerprint density at radius 3 is 2.40 bits per heavy atom. The molecule has 0 amide bonds. The van der Waals surface area contributed by atoms with E-state index in [0.29, 0.717) is 5.54 Å². The van der Waals surface area contributed by atoms with Gasteiger partial charge in [0.15, 0.2) is 0 Å². The maximum Gasteiger partial charge on any atom is 0.0507 e. The summed E-state index contributed by atoms with van der Waals surface area (Å²) in [6, 6.07) is 0. The minimum absolute atomic E-state index is 0.340. The first kappa shape index (κ1) is 8.37. The molecule has 0 aromatic heterocycles. The van der Waals surface area contributed by atoms with Gasteiger partial charge in [-0.2, -0.15) is 12.6 Å². The summed E-state index contributed by atoms with van der Waals surface area (Å²) in [4.78, 5) is 2.42. The number of nitrogens with one attached hydrogen (secondary N) is 1. The molecule has 0 aromatic rings. The molecule has 0 saturated carbocycles. The molecule has 1 fully saturated rings. The predicted octanol–water partition coefficient (Wildman–Crippen LogP) is 0.905. The van der Waals surface area contributed by atoms with E-state index >= 15 is 0 Å². The molecule has 0 aromatic carbocycles. The molecule has 0 spiro atoms. The van der Waals surface area contributed by atoms with E-state index in [9.17, 15) is 0 Å². The molecule has 1 saturated heterocycles. The van der Waals surface area contributed by atoms with Crippen LogP contribution in [0, 0.1) is 0 Å². The van der Waals surface area contributed by atoms with E-state index < -0.39 is 0 Å². The lowest BCUT2D eigenvalue weighted by Crippen LogP contribution is -2.61. The Hall–Kier alpha value is 0.270. The lowest BCUT2D eigenvalue weighted by molar-refractivity contribution is 0.0254. The van der Waals surface area contributed by atoms with Gasteiger partial charge >= 0.3 is 0 Å². The topological polar surface area (TPSA) is 15.3 Å². The van der Waals surface area contributed by atoms with Crippen molar-refractivity contribution in [2.24, 2.45) is 0 Å². The van der Waals surface area contributed by atoms with Gasteiger partial charge in [0.25, 0.3) is 0 Å². The lowest BCUT2D eigenvalue weighted by atomic mass is 9.99. The highest BCUT2D eigenvalue weighted by molar-refractivity contribution is 7.80. The van der Waals surface area contributed by atoms with Crippen molar-refractivity contribution in [3.05, 3.63) is 0 Å². The minimum atomic E-state index is 0.340. The molecule has 2 nitrogen and oxygen atoms in total. The molecule has 1 aliphatic rings. The number of thiol groups is 1. The highest BCUT2D eigenvalue weighted by Crippen LogP contribution is 2.20. The SMILES string of the molecule is CC(C)(CCS)N1CNC1. The summed E-state index contributed by atoms with van der Waals surface area (Å²) in [7, 11) is 0. The van der Waals surface area contributed by atoms with Crippen LogP contribution in [0.15, 0.2) is 0 Å². The fourth-order valence-electron chi connectivity index (χ4n) is 1.08. The molecule has 0 atom stereocenters. The smallest absolute Gasteiger partial charge is 0.0507 e. The summed E-state index contributed by atoms with van der Waals surface area (Å²) in [5.74, 6) is 0.976. The summed E-state index contributed by atoms with van der Waals surface area (Å²) >= 11 is 4.22. The zero-order chi connectivity index (χ0) is 7.61. The molecular weight excluding hydrogens is 144 g/mol. The number of rotatable bonds is 3. The Morgan fingerprint density at radius 2 is 2.10 bits per heavy atom. The second kappa shape index (κ2) is 3.11. The lowest BCUT2D eigenvalue weighted by Gasteiger charge is -2.45. The Morgan fingerprint density at radius 1 is 1.50 bits per heavy atom. The van der Waals surface area contributed by atoms with Gasteiger partial charge < -0.3 is 0 Å². The monoisotopic (exact) mass is 160 g/mol. The van der Waals surface area contributed by atoms with Gasteiger partial charge in [-0.1, -0.05) is 0 Å². The third kappa shape index (κ3) is 1.65. The third-order valence-electron chi connectivity index (χ3n) is 2.18. The van der Waals surface area contributed by atoms with E-state index in [-0.39, 0.29) is 0 Å². The minimum Gasteiger partial charge on any atom is -0.291 e. The first-order valence-corrected chi connectivity index (χ1v) is 4.37. The first-order valence-electron chi connectivity index (χ1n) is 3.73. The van der Waals surface area contributed by atoms with Gasteiger partial charge in [-0.15, -0.1) is 0 Å². The maximum atomic E-state index is 4.22. The second-order valence-corrected chi connectivity index (χ2v) is 3.84. The molecule has 1 aliphatic heterocycles. The van der Waals surface area contributed by atoms with Crippen molar-refractivity contribution in [3.63, 3.8) is 0 Å². The summed E-state index contributed by atoms with van der Waals surface area (Å²) in [6.45, 7) is 6.62. The van der Waals surface area contributed by atoms with E-state index in [4.69, 9.17) is 0 Å². The zero-order valence-corrected chi connectivity index (χ0v) is 7.62. The van der Waals surface area contributed by atoms with Crippen molar-refractivity contribution in [2.75, 3.05) is 19.1 Å². The molecular formula is C7H16N2S. The van der Waals surface area contributed by atoms with Gasteiger partial charge in [0.05, 0.1) is 13.3 Å². The van der Waals surface area contributed by atoms with E-state index in [2.05, 4.69) is 36.7 Å². The fraction of sp³-hybridized carbons (Fsp3) is 1.00. The van der Waals surface area contributed by atoms with E-state index in [1.54, 1.807) is 0 Å². The Balaban J connectivity index is 2.33. The molecule has 10 heavy (non-hydrogen) atoms. The van der Waals surface area contributed by atoms with Crippen LogP contribution in [-0.2, 0) is 0 Å². The van der Waals surface area contributed by atoms with Gasteiger partial charge in [0.2, 0.25) is 0 Å². The average molecular weight is 160 g/mol. The molecule has 0 bridgehead atoms. The molecule has 1 heterocycles. The van der Waals surface area contributed by atoms with Crippen molar-refractivity contribution < 1.29 is 0 Å². The van der Waals surface area contributed by atoms with Crippen LogP contribution in [0.25, 0.3) is 0 Å². The van der Waals surface area contributed by atoms with Crippen LogP contribution in [0.5, 0.6) is 0 Å². The van der Waals surface area contributed by atoms with Crippen molar-refractivity contribution in [3.8, 4) is 0 Å². The van der Waals surface area contributed by atoms with Crippen molar-refractivity contribution in [2.45, 2.75) is 25.8 Å². The summed E-state index contributed by atoms with van der Waals surface area (Å²) in [5.41, 5.74) is 0.340. The average Bonchev–Trinajstić information content (AvgIpc) is 1.56. The highest BCUT2D eigenvalue weighted by atomic mass is 32.1. The molecule has 60 valence electrons. The normalized spacial score (nSPS) is 20.7. The summed E-state index contributed by atoms with van der Waals surface area (Å²) < 4.78 is 0. The Labute approximate surface area is 68.4 Å². The van der Waals surface area contributed by atoms with Crippen molar-refractivity contribution in [1.29, 1.82) is 0 Å². The van der Waals surface area contributed by atoms with Crippen molar-refractivity contribution >= 4 is 12.6 Å². The molecule has 0 radical (unpaired) electrons.